The van der Waals surface area contributed by atoms with E-state index in [0.29, 0.717) is 10.5 Å². The number of rotatable bonds is 2. The molecule has 0 aliphatic rings. The number of ether oxygens (including phenoxy) is 2. The van der Waals surface area contributed by atoms with Gasteiger partial charge in [0.2, 0.25) is 0 Å². The highest BCUT2D eigenvalue weighted by molar-refractivity contribution is 6.09. The SMILES string of the molecule is CC(C)(C)OC(=O)N(C(=O)OC(C)(C)C)c1ccc(C(=N)N)cn1.Cl. The van der Waals surface area contributed by atoms with Gasteiger partial charge in [0.1, 0.15) is 22.9 Å². The van der Waals surface area contributed by atoms with Crippen molar-refractivity contribution in [2.24, 2.45) is 5.73 Å². The molecule has 1 rings (SSSR count). The van der Waals surface area contributed by atoms with E-state index in [1.165, 1.54) is 18.3 Å². The lowest BCUT2D eigenvalue weighted by molar-refractivity contribution is 0.0429. The third-order valence-electron chi connectivity index (χ3n) is 2.44. The van der Waals surface area contributed by atoms with Crippen LogP contribution in [0, 0.1) is 5.41 Å². The lowest BCUT2D eigenvalue weighted by Crippen LogP contribution is -2.44. The highest BCUT2D eigenvalue weighted by atomic mass is 35.5. The fourth-order valence-corrected chi connectivity index (χ4v) is 1.55. The number of nitrogens with one attached hydrogen (secondary N) is 1. The second kappa shape index (κ2) is 8.15. The molecule has 0 bridgehead atoms. The molecule has 0 atom stereocenters. The minimum absolute atomic E-state index is 0. The van der Waals surface area contributed by atoms with Gasteiger partial charge < -0.3 is 15.2 Å². The van der Waals surface area contributed by atoms with Crippen molar-refractivity contribution < 1.29 is 19.1 Å². The molecule has 25 heavy (non-hydrogen) atoms. The van der Waals surface area contributed by atoms with E-state index in [4.69, 9.17) is 20.6 Å². The molecule has 0 aromatic carbocycles. The number of hydrogen-bond acceptors (Lipinski definition) is 6. The number of amidine groups is 1. The molecule has 1 heterocycles. The van der Waals surface area contributed by atoms with Gasteiger partial charge >= 0.3 is 12.2 Å². The van der Waals surface area contributed by atoms with E-state index in [-0.39, 0.29) is 24.1 Å². The summed E-state index contributed by atoms with van der Waals surface area (Å²) in [5, 5.41) is 7.36. The van der Waals surface area contributed by atoms with Crippen LogP contribution in [0.25, 0.3) is 0 Å². The molecule has 0 aliphatic heterocycles. The standard InChI is InChI=1S/C16H24N4O4.ClH/c1-15(2,3)23-13(21)20(14(22)24-16(4,5)6)11-8-7-10(9-19-11)12(17)18;/h7-9H,1-6H3,(H3,17,18);1H. The van der Waals surface area contributed by atoms with Crippen LogP contribution >= 0.6 is 12.4 Å². The molecule has 0 unspecified atom stereocenters. The summed E-state index contributed by atoms with van der Waals surface area (Å²) < 4.78 is 10.5. The van der Waals surface area contributed by atoms with Gasteiger partial charge in [0.05, 0.1) is 0 Å². The minimum Gasteiger partial charge on any atom is -0.443 e. The van der Waals surface area contributed by atoms with E-state index in [0.717, 1.165) is 0 Å². The number of nitrogens with two attached hydrogens (primary N) is 1. The maximum atomic E-state index is 12.4. The molecule has 0 saturated heterocycles. The van der Waals surface area contributed by atoms with Gasteiger partial charge in [-0.25, -0.2) is 14.6 Å². The van der Waals surface area contributed by atoms with Gasteiger partial charge in [0.25, 0.3) is 0 Å². The molecule has 8 nitrogen and oxygen atoms in total. The van der Waals surface area contributed by atoms with Gasteiger partial charge in [-0.05, 0) is 53.7 Å². The normalized spacial score (nSPS) is 11.1. The van der Waals surface area contributed by atoms with Crippen molar-refractivity contribution in [2.45, 2.75) is 52.7 Å². The Bertz CT molecular complexity index is 605. The van der Waals surface area contributed by atoms with Crippen LogP contribution in [0.4, 0.5) is 15.4 Å². The maximum absolute atomic E-state index is 12.4. The number of nitrogen functional groups attached to an aromatic ring is 1. The first-order chi connectivity index (χ1) is 10.8. The third-order valence-corrected chi connectivity index (χ3v) is 2.44. The molecular formula is C16H25ClN4O4. The first-order valence-corrected chi connectivity index (χ1v) is 7.37. The number of nitrogens with zero attached hydrogens (tertiary/aromatic N) is 2. The van der Waals surface area contributed by atoms with E-state index in [2.05, 4.69) is 4.98 Å². The van der Waals surface area contributed by atoms with Crippen molar-refractivity contribution in [2.75, 3.05) is 4.90 Å². The van der Waals surface area contributed by atoms with Crippen molar-refractivity contribution in [3.8, 4) is 0 Å². The number of carbonyl (C=O) groups is 2. The number of aromatic nitrogens is 1. The number of anilines is 1. The Morgan fingerprint density at radius 3 is 1.76 bits per heavy atom. The molecule has 140 valence electrons. The zero-order valence-corrected chi connectivity index (χ0v) is 16.1. The van der Waals surface area contributed by atoms with Crippen LogP contribution in [0.15, 0.2) is 18.3 Å². The summed E-state index contributed by atoms with van der Waals surface area (Å²) in [7, 11) is 0. The fraction of sp³-hybridized carbons (Fsp3) is 0.500. The summed E-state index contributed by atoms with van der Waals surface area (Å²) in [6.07, 6.45) is -0.515. The van der Waals surface area contributed by atoms with Crippen LogP contribution in [0.1, 0.15) is 47.1 Å². The van der Waals surface area contributed by atoms with Gasteiger partial charge in [-0.15, -0.1) is 12.4 Å². The Kier molecular flexibility index (Phi) is 7.39. The number of imide groups is 1. The Morgan fingerprint density at radius 2 is 1.48 bits per heavy atom. The van der Waals surface area contributed by atoms with Gasteiger partial charge in [-0.1, -0.05) is 0 Å². The highest BCUT2D eigenvalue weighted by Crippen LogP contribution is 2.20. The fourth-order valence-electron chi connectivity index (χ4n) is 1.55. The van der Waals surface area contributed by atoms with E-state index in [9.17, 15) is 9.59 Å². The lowest BCUT2D eigenvalue weighted by Gasteiger charge is -2.28. The molecular weight excluding hydrogens is 348 g/mol. The largest absolute Gasteiger partial charge is 0.443 e. The van der Waals surface area contributed by atoms with Gasteiger partial charge in [0.15, 0.2) is 0 Å². The van der Waals surface area contributed by atoms with Crippen LogP contribution in [0.3, 0.4) is 0 Å². The first-order valence-electron chi connectivity index (χ1n) is 7.37. The highest BCUT2D eigenvalue weighted by Gasteiger charge is 2.33. The molecule has 0 spiro atoms. The summed E-state index contributed by atoms with van der Waals surface area (Å²) in [5.74, 6) is -0.154. The van der Waals surface area contributed by atoms with Crippen LogP contribution in [-0.4, -0.2) is 34.2 Å². The number of pyridine rings is 1. The third kappa shape index (κ3) is 7.38. The number of carbonyl (C=O) groups excluding carboxylic acids is 2. The van der Waals surface area contributed by atoms with Crippen molar-refractivity contribution >= 4 is 36.2 Å². The van der Waals surface area contributed by atoms with Crippen molar-refractivity contribution in [3.63, 3.8) is 0 Å². The van der Waals surface area contributed by atoms with Gasteiger partial charge in [-0.2, -0.15) is 4.90 Å². The molecule has 1 aromatic rings. The van der Waals surface area contributed by atoms with E-state index < -0.39 is 23.4 Å². The monoisotopic (exact) mass is 372 g/mol. The Balaban J connectivity index is 0.00000576. The molecule has 2 amide bonds. The molecule has 3 N–H and O–H groups in total. The predicted molar refractivity (Wildman–Crippen MR) is 97.4 cm³/mol. The van der Waals surface area contributed by atoms with Crippen molar-refractivity contribution in [1.29, 1.82) is 5.41 Å². The predicted octanol–water partition coefficient (Wildman–Crippen LogP) is 3.46. The quantitative estimate of drug-likeness (QED) is 0.606. The summed E-state index contributed by atoms with van der Waals surface area (Å²) in [4.78, 5) is 29.5. The second-order valence-corrected chi connectivity index (χ2v) is 7.11. The van der Waals surface area contributed by atoms with E-state index in [1.54, 1.807) is 41.5 Å². The topological polar surface area (TPSA) is 119 Å². The van der Waals surface area contributed by atoms with Crippen molar-refractivity contribution in [3.05, 3.63) is 23.9 Å². The average Bonchev–Trinajstić information content (AvgIpc) is 2.34. The Labute approximate surface area is 153 Å². The molecule has 0 radical (unpaired) electrons. The van der Waals surface area contributed by atoms with E-state index in [1.807, 2.05) is 0 Å². The first kappa shape index (κ1) is 22.6. The van der Waals surface area contributed by atoms with Crippen molar-refractivity contribution in [1.82, 2.24) is 4.98 Å². The van der Waals surface area contributed by atoms with Crippen LogP contribution in [-0.2, 0) is 9.47 Å². The van der Waals surface area contributed by atoms with Crippen LogP contribution in [0.2, 0.25) is 0 Å². The molecule has 0 aliphatic carbocycles. The maximum Gasteiger partial charge on any atom is 0.425 e. The summed E-state index contributed by atoms with van der Waals surface area (Å²) in [5.41, 5.74) is 4.15. The van der Waals surface area contributed by atoms with E-state index >= 15 is 0 Å². The Hall–Kier alpha value is -2.35. The summed E-state index contributed by atoms with van der Waals surface area (Å²) in [6, 6.07) is 2.87. The van der Waals surface area contributed by atoms with Crippen LogP contribution < -0.4 is 10.6 Å². The molecule has 0 saturated carbocycles. The minimum atomic E-state index is -0.903. The summed E-state index contributed by atoms with van der Waals surface area (Å²) >= 11 is 0. The van der Waals surface area contributed by atoms with Gasteiger partial charge in [-0.3, -0.25) is 5.41 Å². The second-order valence-electron chi connectivity index (χ2n) is 7.11. The molecule has 0 fully saturated rings. The molecule has 1 aromatic heterocycles. The average molecular weight is 373 g/mol. The zero-order valence-electron chi connectivity index (χ0n) is 15.2. The smallest absolute Gasteiger partial charge is 0.425 e. The Morgan fingerprint density at radius 1 is 1.04 bits per heavy atom. The summed E-state index contributed by atoms with van der Waals surface area (Å²) in [6.45, 7) is 10.1. The number of halogens is 1. The number of hydrogen-bond donors (Lipinski definition) is 2. The van der Waals surface area contributed by atoms with Crippen LogP contribution in [0.5, 0.6) is 0 Å². The van der Waals surface area contributed by atoms with Gasteiger partial charge in [0, 0.05) is 11.8 Å². The lowest BCUT2D eigenvalue weighted by atomic mass is 10.2. The molecule has 9 heteroatoms. The number of amides is 2. The zero-order chi connectivity index (χ0) is 18.7.